The van der Waals surface area contributed by atoms with Gasteiger partial charge in [-0.15, -0.1) is 0 Å². The molecule has 2 aromatic rings. The molecule has 0 N–H and O–H groups in total. The Labute approximate surface area is 129 Å². The lowest BCUT2D eigenvalue weighted by Crippen LogP contribution is -2.39. The number of hydrogen-bond acceptors (Lipinski definition) is 5. The third-order valence-corrected chi connectivity index (χ3v) is 3.93. The van der Waals surface area contributed by atoms with Gasteiger partial charge in [0.2, 0.25) is 5.88 Å². The Morgan fingerprint density at radius 1 is 1.32 bits per heavy atom. The maximum atomic E-state index is 12.7. The van der Waals surface area contributed by atoms with Crippen LogP contribution < -0.4 is 4.74 Å². The number of carbonyl (C=O) groups excluding carboxylic acids is 1. The van der Waals surface area contributed by atoms with Crippen molar-refractivity contribution < 1.29 is 9.53 Å². The molecule has 0 spiro atoms. The second-order valence-electron chi connectivity index (χ2n) is 5.28. The third kappa shape index (κ3) is 2.90. The topological polar surface area (TPSA) is 68.2 Å². The molecule has 2 aromatic heterocycles. The third-order valence-electron chi connectivity index (χ3n) is 3.93. The fraction of sp³-hybridized carbons (Fsp3) is 0.375. The highest BCUT2D eigenvalue weighted by atomic mass is 16.5. The number of carbonyl (C=O) groups is 1. The van der Waals surface area contributed by atoms with E-state index in [1.807, 2.05) is 11.0 Å². The summed E-state index contributed by atoms with van der Waals surface area (Å²) in [7, 11) is 1.53. The predicted molar refractivity (Wildman–Crippen MR) is 80.7 cm³/mol. The van der Waals surface area contributed by atoms with Crippen molar-refractivity contribution in [2.75, 3.05) is 20.2 Å². The molecule has 1 fully saturated rings. The van der Waals surface area contributed by atoms with E-state index in [0.717, 1.165) is 25.1 Å². The second kappa shape index (κ2) is 6.51. The van der Waals surface area contributed by atoms with Crippen LogP contribution >= 0.6 is 0 Å². The maximum absolute atomic E-state index is 12.7. The van der Waals surface area contributed by atoms with Crippen molar-refractivity contribution in [3.63, 3.8) is 0 Å². The number of likely N-dealkylation sites (tertiary alicyclic amines) is 1. The lowest BCUT2D eigenvalue weighted by molar-refractivity contribution is 0.0701. The first-order valence-corrected chi connectivity index (χ1v) is 7.34. The molecule has 114 valence electrons. The number of hydrogen-bond donors (Lipinski definition) is 0. The van der Waals surface area contributed by atoms with Gasteiger partial charge in [-0.05, 0) is 31.0 Å². The summed E-state index contributed by atoms with van der Waals surface area (Å²) >= 11 is 0. The molecule has 1 amide bonds. The van der Waals surface area contributed by atoms with E-state index in [0.29, 0.717) is 18.0 Å². The molecule has 22 heavy (non-hydrogen) atoms. The normalized spacial score (nSPS) is 18.0. The van der Waals surface area contributed by atoms with Crippen LogP contribution in [-0.4, -0.2) is 46.0 Å². The van der Waals surface area contributed by atoms with Gasteiger partial charge < -0.3 is 9.64 Å². The summed E-state index contributed by atoms with van der Waals surface area (Å²) in [6, 6.07) is 5.42. The van der Waals surface area contributed by atoms with Gasteiger partial charge in [0, 0.05) is 37.1 Å². The molecule has 6 nitrogen and oxygen atoms in total. The number of aromatic nitrogens is 3. The van der Waals surface area contributed by atoms with E-state index in [9.17, 15) is 4.79 Å². The zero-order valence-corrected chi connectivity index (χ0v) is 12.5. The monoisotopic (exact) mass is 298 g/mol. The second-order valence-corrected chi connectivity index (χ2v) is 5.28. The van der Waals surface area contributed by atoms with Gasteiger partial charge in [-0.25, -0.2) is 15.0 Å². The molecule has 0 saturated carbocycles. The van der Waals surface area contributed by atoms with Crippen LogP contribution in [0.4, 0.5) is 0 Å². The highest BCUT2D eigenvalue weighted by molar-refractivity contribution is 5.96. The molecular weight excluding hydrogens is 280 g/mol. The van der Waals surface area contributed by atoms with Crippen molar-refractivity contribution in [3.8, 4) is 5.88 Å². The van der Waals surface area contributed by atoms with Gasteiger partial charge >= 0.3 is 0 Å². The minimum atomic E-state index is -0.0382. The molecule has 3 heterocycles. The highest BCUT2D eigenvalue weighted by Crippen LogP contribution is 2.27. The molecule has 6 heteroatoms. The average molecular weight is 298 g/mol. The number of amides is 1. The van der Waals surface area contributed by atoms with Gasteiger partial charge in [0.25, 0.3) is 5.91 Å². The van der Waals surface area contributed by atoms with E-state index >= 15 is 0 Å². The van der Waals surface area contributed by atoms with Crippen LogP contribution in [0, 0.1) is 0 Å². The standard InChI is InChI=1S/C16H18N4O2/c1-22-15-13(5-2-7-18-15)16(21)20-9-3-4-12(10-20)14-6-8-17-11-19-14/h2,5-8,11-12H,3-4,9-10H2,1H3/t12-/m0/s1. The summed E-state index contributed by atoms with van der Waals surface area (Å²) in [6.45, 7) is 1.41. The summed E-state index contributed by atoms with van der Waals surface area (Å²) in [4.78, 5) is 27.0. The van der Waals surface area contributed by atoms with E-state index in [1.165, 1.54) is 7.11 Å². The van der Waals surface area contributed by atoms with Crippen LogP contribution in [0.25, 0.3) is 0 Å². The summed E-state index contributed by atoms with van der Waals surface area (Å²) in [5.41, 5.74) is 1.50. The van der Waals surface area contributed by atoms with Crippen LogP contribution in [0.5, 0.6) is 5.88 Å². The van der Waals surface area contributed by atoms with E-state index < -0.39 is 0 Å². The van der Waals surface area contributed by atoms with Gasteiger partial charge in [-0.1, -0.05) is 0 Å². The average Bonchev–Trinajstić information content (AvgIpc) is 2.62. The first kappa shape index (κ1) is 14.4. The molecule has 0 unspecified atom stereocenters. The molecule has 1 saturated heterocycles. The van der Waals surface area contributed by atoms with Gasteiger partial charge in [-0.2, -0.15) is 0 Å². The number of methoxy groups -OCH3 is 1. The lowest BCUT2D eigenvalue weighted by atomic mass is 9.94. The Bertz CT molecular complexity index is 648. The maximum Gasteiger partial charge on any atom is 0.259 e. The number of nitrogens with zero attached hydrogens (tertiary/aromatic N) is 4. The molecule has 1 aliphatic rings. The zero-order valence-electron chi connectivity index (χ0n) is 12.5. The summed E-state index contributed by atoms with van der Waals surface area (Å²) in [5, 5.41) is 0. The zero-order chi connectivity index (χ0) is 15.4. The molecule has 0 bridgehead atoms. The van der Waals surface area contributed by atoms with Gasteiger partial charge in [0.15, 0.2) is 0 Å². The first-order valence-electron chi connectivity index (χ1n) is 7.34. The molecule has 0 aromatic carbocycles. The van der Waals surface area contributed by atoms with E-state index in [-0.39, 0.29) is 11.8 Å². The van der Waals surface area contributed by atoms with Crippen molar-refractivity contribution in [3.05, 3.63) is 48.2 Å². The first-order chi connectivity index (χ1) is 10.8. The minimum absolute atomic E-state index is 0.0382. The Morgan fingerprint density at radius 2 is 2.23 bits per heavy atom. The molecule has 1 atom stereocenters. The number of pyridine rings is 1. The quantitative estimate of drug-likeness (QED) is 0.865. The van der Waals surface area contributed by atoms with Crippen molar-refractivity contribution in [2.24, 2.45) is 0 Å². The smallest absolute Gasteiger partial charge is 0.259 e. The number of rotatable bonds is 3. The largest absolute Gasteiger partial charge is 0.480 e. The SMILES string of the molecule is COc1ncccc1C(=O)N1CCC[C@H](c2ccncn2)C1. The Hall–Kier alpha value is -2.50. The summed E-state index contributed by atoms with van der Waals surface area (Å²) in [6.07, 6.45) is 6.91. The number of piperidine rings is 1. The number of ether oxygens (including phenoxy) is 1. The molecule has 3 rings (SSSR count). The predicted octanol–water partition coefficient (Wildman–Crippen LogP) is 1.90. The fourth-order valence-electron chi connectivity index (χ4n) is 2.83. The van der Waals surface area contributed by atoms with Gasteiger partial charge in [-0.3, -0.25) is 4.79 Å². The van der Waals surface area contributed by atoms with E-state index in [1.54, 1.807) is 30.9 Å². The van der Waals surface area contributed by atoms with Crippen LogP contribution in [0.1, 0.15) is 34.8 Å². The van der Waals surface area contributed by atoms with Gasteiger partial charge in [0.1, 0.15) is 11.9 Å². The fourth-order valence-corrected chi connectivity index (χ4v) is 2.83. The van der Waals surface area contributed by atoms with E-state index in [2.05, 4.69) is 15.0 Å². The van der Waals surface area contributed by atoms with Crippen LogP contribution in [0.2, 0.25) is 0 Å². The van der Waals surface area contributed by atoms with Crippen LogP contribution in [-0.2, 0) is 0 Å². The lowest BCUT2D eigenvalue weighted by Gasteiger charge is -2.32. The van der Waals surface area contributed by atoms with Crippen molar-refractivity contribution in [1.29, 1.82) is 0 Å². The summed E-state index contributed by atoms with van der Waals surface area (Å²) in [5.74, 6) is 0.587. The van der Waals surface area contributed by atoms with Crippen molar-refractivity contribution in [2.45, 2.75) is 18.8 Å². The van der Waals surface area contributed by atoms with Crippen LogP contribution in [0.15, 0.2) is 36.9 Å². The minimum Gasteiger partial charge on any atom is -0.480 e. The molecular formula is C16H18N4O2. The summed E-state index contributed by atoms with van der Waals surface area (Å²) < 4.78 is 5.19. The van der Waals surface area contributed by atoms with Crippen molar-refractivity contribution in [1.82, 2.24) is 19.9 Å². The van der Waals surface area contributed by atoms with Crippen molar-refractivity contribution >= 4 is 5.91 Å². The Balaban J connectivity index is 1.78. The molecule has 1 aliphatic heterocycles. The van der Waals surface area contributed by atoms with Crippen LogP contribution in [0.3, 0.4) is 0 Å². The molecule has 0 aliphatic carbocycles. The Kier molecular flexibility index (Phi) is 4.27. The van der Waals surface area contributed by atoms with E-state index in [4.69, 9.17) is 4.74 Å². The Morgan fingerprint density at radius 3 is 3.00 bits per heavy atom. The van der Waals surface area contributed by atoms with Gasteiger partial charge in [0.05, 0.1) is 7.11 Å². The molecule has 0 radical (unpaired) electrons. The highest BCUT2D eigenvalue weighted by Gasteiger charge is 2.27.